The molecule has 0 fully saturated rings. The molecule has 0 aliphatic heterocycles. The zero-order valence-corrected chi connectivity index (χ0v) is 14.3. The molecule has 0 radical (unpaired) electrons. The van der Waals surface area contributed by atoms with Gasteiger partial charge in [-0.1, -0.05) is 54.6 Å². The third kappa shape index (κ3) is 3.59. The zero-order chi connectivity index (χ0) is 18.6. The Morgan fingerprint density at radius 3 is 2.26 bits per heavy atom. The van der Waals surface area contributed by atoms with Crippen molar-refractivity contribution in [3.63, 3.8) is 0 Å². The number of carbonyl (C=O) groups is 2. The first-order valence-corrected chi connectivity index (χ1v) is 8.38. The fourth-order valence-electron chi connectivity index (χ4n) is 2.77. The highest BCUT2D eigenvalue weighted by Gasteiger charge is 2.21. The van der Waals surface area contributed by atoms with Crippen LogP contribution in [0.25, 0.3) is 22.5 Å². The second-order valence-corrected chi connectivity index (χ2v) is 5.96. The summed E-state index contributed by atoms with van der Waals surface area (Å²) < 4.78 is 5.73. The van der Waals surface area contributed by atoms with Crippen molar-refractivity contribution in [3.05, 3.63) is 84.6 Å². The van der Waals surface area contributed by atoms with Gasteiger partial charge in [-0.3, -0.25) is 14.7 Å². The molecule has 27 heavy (non-hydrogen) atoms. The maximum absolute atomic E-state index is 12.1. The van der Waals surface area contributed by atoms with Crippen LogP contribution in [0, 0.1) is 0 Å². The van der Waals surface area contributed by atoms with Gasteiger partial charge in [0.2, 0.25) is 11.6 Å². The number of rotatable bonds is 6. The van der Waals surface area contributed by atoms with Crippen LogP contribution in [0.1, 0.15) is 16.4 Å². The molecule has 0 aliphatic rings. The molecule has 6 nitrogen and oxygen atoms in total. The normalized spacial score (nSPS) is 10.7. The minimum atomic E-state index is -0.735. The summed E-state index contributed by atoms with van der Waals surface area (Å²) in [6.45, 7) is 0. The summed E-state index contributed by atoms with van der Waals surface area (Å²) in [5.74, 6) is -0.423. The molecule has 2 heterocycles. The first kappa shape index (κ1) is 16.7. The zero-order valence-electron chi connectivity index (χ0n) is 14.3. The summed E-state index contributed by atoms with van der Waals surface area (Å²) in [5, 5.41) is 6.04. The highest BCUT2D eigenvalue weighted by molar-refractivity contribution is 6.42. The number of H-pyrrole nitrogens is 1. The molecule has 4 aromatic rings. The monoisotopic (exact) mass is 357 g/mol. The Kier molecular flexibility index (Phi) is 4.45. The minimum Gasteiger partial charge on any atom is -0.461 e. The number of ketones is 2. The molecule has 132 valence electrons. The first-order valence-electron chi connectivity index (χ1n) is 8.38. The predicted molar refractivity (Wildman–Crippen MR) is 99.0 cm³/mol. The molecule has 0 aliphatic carbocycles. The number of nitrogens with one attached hydrogen (secondary N) is 1. The van der Waals surface area contributed by atoms with Crippen molar-refractivity contribution in [2.75, 3.05) is 0 Å². The maximum atomic E-state index is 12.1. The van der Waals surface area contributed by atoms with Gasteiger partial charge >= 0.3 is 0 Å². The van der Waals surface area contributed by atoms with E-state index in [1.165, 1.54) is 6.33 Å². The Bertz CT molecular complexity index is 1070. The van der Waals surface area contributed by atoms with Crippen LogP contribution in [0.3, 0.4) is 0 Å². The lowest BCUT2D eigenvalue weighted by Crippen LogP contribution is -2.17. The van der Waals surface area contributed by atoms with Crippen molar-refractivity contribution in [1.29, 1.82) is 0 Å². The van der Waals surface area contributed by atoms with Crippen LogP contribution in [-0.2, 0) is 11.2 Å². The summed E-state index contributed by atoms with van der Waals surface area (Å²) >= 11 is 0. The van der Waals surface area contributed by atoms with E-state index in [1.807, 2.05) is 42.5 Å². The molecule has 1 N–H and O–H groups in total. The minimum absolute atomic E-state index is 0.129. The number of furan rings is 1. The molecule has 0 amide bonds. The number of nitrogens with zero attached hydrogens (tertiary/aromatic N) is 2. The molecule has 0 bridgehead atoms. The third-order valence-electron chi connectivity index (χ3n) is 4.14. The predicted octanol–water partition coefficient (Wildman–Crippen LogP) is 3.73. The number of hydrogen-bond acceptors (Lipinski definition) is 5. The Balaban J connectivity index is 1.48. The SMILES string of the molecule is O=C(Cc1ccc(-c2ccc(-c3ccccc3)cc2)o1)C(=O)c1nc[nH]n1. The van der Waals surface area contributed by atoms with Crippen molar-refractivity contribution in [2.24, 2.45) is 0 Å². The number of carbonyl (C=O) groups excluding carboxylic acids is 2. The summed E-state index contributed by atoms with van der Waals surface area (Å²) in [5.41, 5.74) is 3.15. The van der Waals surface area contributed by atoms with Crippen molar-refractivity contribution < 1.29 is 14.0 Å². The average Bonchev–Trinajstić information content (AvgIpc) is 3.40. The van der Waals surface area contributed by atoms with Crippen LogP contribution in [0.4, 0.5) is 0 Å². The molecule has 0 atom stereocenters. The van der Waals surface area contributed by atoms with E-state index in [0.717, 1.165) is 16.7 Å². The van der Waals surface area contributed by atoms with Crippen LogP contribution >= 0.6 is 0 Å². The van der Waals surface area contributed by atoms with E-state index in [-0.39, 0.29) is 12.2 Å². The highest BCUT2D eigenvalue weighted by atomic mass is 16.3. The smallest absolute Gasteiger partial charge is 0.268 e. The van der Waals surface area contributed by atoms with E-state index in [1.54, 1.807) is 12.1 Å². The van der Waals surface area contributed by atoms with Gasteiger partial charge in [-0.25, -0.2) is 4.98 Å². The van der Waals surface area contributed by atoms with Gasteiger partial charge in [-0.15, -0.1) is 5.10 Å². The summed E-state index contributed by atoms with van der Waals surface area (Å²) in [6, 6.07) is 21.5. The van der Waals surface area contributed by atoms with Gasteiger partial charge in [-0.05, 0) is 23.3 Å². The number of benzene rings is 2. The highest BCUT2D eigenvalue weighted by Crippen LogP contribution is 2.26. The molecule has 4 rings (SSSR count). The van der Waals surface area contributed by atoms with E-state index in [4.69, 9.17) is 4.42 Å². The maximum Gasteiger partial charge on any atom is 0.268 e. The Morgan fingerprint density at radius 2 is 1.56 bits per heavy atom. The number of hydrogen-bond donors (Lipinski definition) is 1. The van der Waals surface area contributed by atoms with Gasteiger partial charge in [0.05, 0.1) is 6.42 Å². The van der Waals surface area contributed by atoms with Gasteiger partial charge in [-0.2, -0.15) is 0 Å². The second-order valence-electron chi connectivity index (χ2n) is 5.96. The molecular weight excluding hydrogens is 342 g/mol. The van der Waals surface area contributed by atoms with Crippen LogP contribution in [0.2, 0.25) is 0 Å². The third-order valence-corrected chi connectivity index (χ3v) is 4.14. The molecular formula is C21H15N3O3. The second kappa shape index (κ2) is 7.21. The van der Waals surface area contributed by atoms with Gasteiger partial charge in [0.1, 0.15) is 17.8 Å². The van der Waals surface area contributed by atoms with Crippen LogP contribution in [0.5, 0.6) is 0 Å². The Labute approximate surface area is 154 Å². The standard InChI is InChI=1S/C21H15N3O3/c25-18(20(26)21-22-13-23-24-21)12-17-10-11-19(27-17)16-8-6-15(7-9-16)14-4-2-1-3-5-14/h1-11,13H,12H2,(H,22,23,24). The van der Waals surface area contributed by atoms with E-state index >= 15 is 0 Å². The summed E-state index contributed by atoms with van der Waals surface area (Å²) in [6.07, 6.45) is 1.13. The quantitative estimate of drug-likeness (QED) is 0.419. The lowest BCUT2D eigenvalue weighted by Gasteiger charge is -2.03. The fourth-order valence-corrected chi connectivity index (χ4v) is 2.77. The van der Waals surface area contributed by atoms with Crippen LogP contribution in [0.15, 0.2) is 77.5 Å². The average molecular weight is 357 g/mol. The van der Waals surface area contributed by atoms with Gasteiger partial charge < -0.3 is 4.42 Å². The summed E-state index contributed by atoms with van der Waals surface area (Å²) in [4.78, 5) is 27.7. The summed E-state index contributed by atoms with van der Waals surface area (Å²) in [7, 11) is 0. The van der Waals surface area contributed by atoms with E-state index in [9.17, 15) is 9.59 Å². The molecule has 0 saturated carbocycles. The molecule has 6 heteroatoms. The van der Waals surface area contributed by atoms with Gasteiger partial charge in [0.15, 0.2) is 0 Å². The topological polar surface area (TPSA) is 88.9 Å². The fraction of sp³-hybridized carbons (Fsp3) is 0.0476. The first-order chi connectivity index (χ1) is 13.2. The number of aromatic amines is 1. The lowest BCUT2D eigenvalue weighted by atomic mass is 10.0. The number of aromatic nitrogens is 3. The van der Waals surface area contributed by atoms with Crippen molar-refractivity contribution in [1.82, 2.24) is 15.2 Å². The molecule has 0 unspecified atom stereocenters. The number of Topliss-reactive ketones (excluding diaryl/α,β-unsaturated/α-hetero) is 2. The molecule has 0 spiro atoms. The van der Waals surface area contributed by atoms with Gasteiger partial charge in [0, 0.05) is 5.56 Å². The van der Waals surface area contributed by atoms with Crippen molar-refractivity contribution >= 4 is 11.6 Å². The molecule has 2 aromatic heterocycles. The molecule has 2 aromatic carbocycles. The largest absolute Gasteiger partial charge is 0.461 e. The Morgan fingerprint density at radius 1 is 0.852 bits per heavy atom. The van der Waals surface area contributed by atoms with Crippen molar-refractivity contribution in [3.8, 4) is 22.5 Å². The van der Waals surface area contributed by atoms with Gasteiger partial charge in [0.25, 0.3) is 5.78 Å². The molecule has 0 saturated heterocycles. The van der Waals surface area contributed by atoms with E-state index in [2.05, 4.69) is 27.3 Å². The van der Waals surface area contributed by atoms with E-state index in [0.29, 0.717) is 11.5 Å². The Hall–Kier alpha value is -3.80. The van der Waals surface area contributed by atoms with Crippen LogP contribution in [-0.4, -0.2) is 26.7 Å². The van der Waals surface area contributed by atoms with E-state index < -0.39 is 11.6 Å². The van der Waals surface area contributed by atoms with Crippen molar-refractivity contribution in [2.45, 2.75) is 6.42 Å². The lowest BCUT2D eigenvalue weighted by molar-refractivity contribution is -0.114. The van der Waals surface area contributed by atoms with Crippen LogP contribution < -0.4 is 0 Å².